The molecule has 72 valence electrons. The Morgan fingerprint density at radius 3 is 2.08 bits per heavy atom. The second-order valence-electron chi connectivity index (χ2n) is 4.75. The maximum absolute atomic E-state index is 5.91. The topological polar surface area (TPSA) is 9.23 Å². The first-order valence-corrected chi connectivity index (χ1v) is 5.21. The molecule has 1 rings (SSSR count). The predicted octanol–water partition coefficient (Wildman–Crippen LogP) is 3.24. The molecule has 0 aliphatic heterocycles. The summed E-state index contributed by atoms with van der Waals surface area (Å²) in [6.07, 6.45) is 3.76. The smallest absolute Gasteiger partial charge is 0.0707 e. The molecule has 0 aromatic carbocycles. The van der Waals surface area contributed by atoms with Crippen molar-refractivity contribution < 1.29 is 4.74 Å². The fourth-order valence-corrected chi connectivity index (χ4v) is 1.51. The highest BCUT2D eigenvalue weighted by atomic mass is 16.5. The van der Waals surface area contributed by atoms with Crippen LogP contribution < -0.4 is 0 Å². The van der Waals surface area contributed by atoms with Gasteiger partial charge in [-0.3, -0.25) is 0 Å². The van der Waals surface area contributed by atoms with Gasteiger partial charge in [-0.2, -0.15) is 0 Å². The minimum atomic E-state index is 0.287. The lowest BCUT2D eigenvalue weighted by Crippen LogP contribution is -2.22. The van der Waals surface area contributed by atoms with Gasteiger partial charge in [-0.15, -0.1) is 0 Å². The Morgan fingerprint density at radius 1 is 1.17 bits per heavy atom. The van der Waals surface area contributed by atoms with E-state index in [1.54, 1.807) is 0 Å². The fraction of sp³-hybridized carbons (Fsp3) is 1.00. The van der Waals surface area contributed by atoms with Crippen molar-refractivity contribution in [1.82, 2.24) is 0 Å². The van der Waals surface area contributed by atoms with Crippen LogP contribution in [0.4, 0.5) is 0 Å². The molecule has 0 unspecified atom stereocenters. The number of rotatable bonds is 5. The summed E-state index contributed by atoms with van der Waals surface area (Å²) in [5.41, 5.74) is 0.287. The lowest BCUT2D eigenvalue weighted by Gasteiger charge is -2.20. The van der Waals surface area contributed by atoms with E-state index >= 15 is 0 Å². The molecule has 1 aliphatic rings. The first-order chi connectivity index (χ1) is 5.57. The van der Waals surface area contributed by atoms with Crippen LogP contribution in [0.1, 0.15) is 47.0 Å². The van der Waals surface area contributed by atoms with Crippen LogP contribution in [0.25, 0.3) is 0 Å². The summed E-state index contributed by atoms with van der Waals surface area (Å²) < 4.78 is 5.91. The Kier molecular flexibility index (Phi) is 3.16. The molecular weight excluding hydrogens is 148 g/mol. The molecule has 1 fully saturated rings. The van der Waals surface area contributed by atoms with Crippen molar-refractivity contribution in [2.24, 2.45) is 11.8 Å². The van der Waals surface area contributed by atoms with Crippen molar-refractivity contribution in [3.63, 3.8) is 0 Å². The second-order valence-corrected chi connectivity index (χ2v) is 4.75. The van der Waals surface area contributed by atoms with Gasteiger partial charge in [-0.25, -0.2) is 0 Å². The van der Waals surface area contributed by atoms with Crippen LogP contribution in [0.15, 0.2) is 0 Å². The largest absolute Gasteiger partial charge is 0.375 e. The van der Waals surface area contributed by atoms with E-state index in [0.717, 1.165) is 12.5 Å². The summed E-state index contributed by atoms with van der Waals surface area (Å²) in [6.45, 7) is 9.98. The highest BCUT2D eigenvalue weighted by Gasteiger charge is 2.46. The Labute approximate surface area is 76.5 Å². The minimum Gasteiger partial charge on any atom is -0.375 e. The molecule has 0 aromatic heterocycles. The quantitative estimate of drug-likeness (QED) is 0.615. The minimum absolute atomic E-state index is 0.287. The molecule has 0 N–H and O–H groups in total. The Balaban J connectivity index is 2.14. The summed E-state index contributed by atoms with van der Waals surface area (Å²) in [6, 6.07) is 0. The summed E-state index contributed by atoms with van der Waals surface area (Å²) in [5.74, 6) is 1.47. The number of hydrogen-bond donors (Lipinski definition) is 0. The first kappa shape index (κ1) is 10.0. The van der Waals surface area contributed by atoms with Crippen LogP contribution in [0.5, 0.6) is 0 Å². The molecule has 0 atom stereocenters. The van der Waals surface area contributed by atoms with Crippen molar-refractivity contribution in [1.29, 1.82) is 0 Å². The van der Waals surface area contributed by atoms with Crippen LogP contribution in [0.3, 0.4) is 0 Å². The molecule has 1 saturated carbocycles. The lowest BCUT2D eigenvalue weighted by molar-refractivity contribution is -0.00435. The van der Waals surface area contributed by atoms with E-state index in [4.69, 9.17) is 4.74 Å². The van der Waals surface area contributed by atoms with Crippen LogP contribution in [0, 0.1) is 11.8 Å². The van der Waals surface area contributed by atoms with Gasteiger partial charge in [-0.1, -0.05) is 27.7 Å². The Morgan fingerprint density at radius 2 is 1.75 bits per heavy atom. The molecule has 0 heterocycles. The molecule has 0 bridgehead atoms. The molecule has 1 aliphatic carbocycles. The van der Waals surface area contributed by atoms with Crippen molar-refractivity contribution in [2.75, 3.05) is 6.61 Å². The molecule has 0 aromatic rings. The third-order valence-electron chi connectivity index (χ3n) is 2.88. The van der Waals surface area contributed by atoms with Crippen molar-refractivity contribution in [3.05, 3.63) is 0 Å². The van der Waals surface area contributed by atoms with Crippen molar-refractivity contribution in [2.45, 2.75) is 52.6 Å². The average molecular weight is 170 g/mol. The van der Waals surface area contributed by atoms with Gasteiger partial charge in [0, 0.05) is 6.61 Å². The van der Waals surface area contributed by atoms with Crippen molar-refractivity contribution >= 4 is 0 Å². The predicted molar refractivity (Wildman–Crippen MR) is 52.2 cm³/mol. The molecule has 12 heavy (non-hydrogen) atoms. The Bertz CT molecular complexity index is 134. The van der Waals surface area contributed by atoms with Crippen molar-refractivity contribution in [3.8, 4) is 0 Å². The van der Waals surface area contributed by atoms with Gasteiger partial charge in [-0.05, 0) is 31.1 Å². The van der Waals surface area contributed by atoms with Gasteiger partial charge < -0.3 is 4.74 Å². The summed E-state index contributed by atoms with van der Waals surface area (Å²) >= 11 is 0. The maximum atomic E-state index is 5.91. The third kappa shape index (κ3) is 2.48. The van der Waals surface area contributed by atoms with E-state index < -0.39 is 0 Å². The highest BCUT2D eigenvalue weighted by Crippen LogP contribution is 2.45. The molecule has 0 saturated heterocycles. The first-order valence-electron chi connectivity index (χ1n) is 5.21. The number of ether oxygens (including phenoxy) is 1. The normalized spacial score (nSPS) is 20.5. The van der Waals surface area contributed by atoms with E-state index in [9.17, 15) is 0 Å². The monoisotopic (exact) mass is 170 g/mol. The van der Waals surface area contributed by atoms with E-state index in [1.165, 1.54) is 19.3 Å². The van der Waals surface area contributed by atoms with E-state index in [1.807, 2.05) is 0 Å². The zero-order valence-corrected chi connectivity index (χ0v) is 8.89. The van der Waals surface area contributed by atoms with E-state index in [2.05, 4.69) is 27.7 Å². The highest BCUT2D eigenvalue weighted by molar-refractivity contribution is 4.98. The van der Waals surface area contributed by atoms with Crippen LogP contribution in [-0.4, -0.2) is 12.2 Å². The second kappa shape index (κ2) is 3.78. The van der Waals surface area contributed by atoms with Gasteiger partial charge in [0.2, 0.25) is 0 Å². The zero-order chi connectivity index (χ0) is 9.19. The van der Waals surface area contributed by atoms with E-state index in [0.29, 0.717) is 5.92 Å². The third-order valence-corrected chi connectivity index (χ3v) is 2.88. The zero-order valence-electron chi connectivity index (χ0n) is 8.89. The maximum Gasteiger partial charge on any atom is 0.0707 e. The fourth-order valence-electron chi connectivity index (χ4n) is 1.51. The molecule has 0 amide bonds. The van der Waals surface area contributed by atoms with Gasteiger partial charge in [0.05, 0.1) is 5.60 Å². The SMILES string of the molecule is CC(C)CCOC1(C(C)C)CC1. The van der Waals surface area contributed by atoms with Gasteiger partial charge in [0.25, 0.3) is 0 Å². The summed E-state index contributed by atoms with van der Waals surface area (Å²) in [5, 5.41) is 0. The van der Waals surface area contributed by atoms with Crippen LogP contribution in [0.2, 0.25) is 0 Å². The summed E-state index contributed by atoms with van der Waals surface area (Å²) in [7, 11) is 0. The molecule has 1 heteroatoms. The lowest BCUT2D eigenvalue weighted by atomic mass is 10.1. The number of hydrogen-bond acceptors (Lipinski definition) is 1. The summed E-state index contributed by atoms with van der Waals surface area (Å²) in [4.78, 5) is 0. The average Bonchev–Trinajstić information content (AvgIpc) is 2.68. The molecule has 1 nitrogen and oxygen atoms in total. The van der Waals surface area contributed by atoms with Gasteiger partial charge in [0.15, 0.2) is 0 Å². The van der Waals surface area contributed by atoms with Crippen LogP contribution >= 0.6 is 0 Å². The Hall–Kier alpha value is -0.0400. The standard InChI is InChI=1S/C11H22O/c1-9(2)5-8-12-11(6-7-11)10(3)4/h9-10H,5-8H2,1-4H3. The molecular formula is C11H22O. The molecule has 0 spiro atoms. The van der Waals surface area contributed by atoms with Gasteiger partial charge >= 0.3 is 0 Å². The van der Waals surface area contributed by atoms with Gasteiger partial charge in [0.1, 0.15) is 0 Å². The van der Waals surface area contributed by atoms with E-state index in [-0.39, 0.29) is 5.60 Å². The molecule has 0 radical (unpaired) electrons. The van der Waals surface area contributed by atoms with Crippen LogP contribution in [-0.2, 0) is 4.74 Å².